The first-order valence-corrected chi connectivity index (χ1v) is 12.2. The molecule has 0 radical (unpaired) electrons. The van der Waals surface area contributed by atoms with Gasteiger partial charge in [0.1, 0.15) is 11.4 Å². The number of aryl methyl sites for hydroxylation is 1. The summed E-state index contributed by atoms with van der Waals surface area (Å²) in [7, 11) is 0. The van der Waals surface area contributed by atoms with E-state index >= 15 is 0 Å². The summed E-state index contributed by atoms with van der Waals surface area (Å²) in [6.45, 7) is 7.60. The van der Waals surface area contributed by atoms with Crippen molar-refractivity contribution in [2.24, 2.45) is 0 Å². The first-order valence-electron chi connectivity index (χ1n) is 11.0. The molecule has 0 saturated carbocycles. The second-order valence-electron chi connectivity index (χ2n) is 8.87. The van der Waals surface area contributed by atoms with E-state index in [1.807, 2.05) is 82.5 Å². The number of carbonyl (C=O) groups is 1. The SMILES string of the molecule is CSc1nccc(-c2cccnc2Oc2c(C)ccc3c(CC(=O)OC(C)(C)C)cccc23)n1. The van der Waals surface area contributed by atoms with Crippen LogP contribution in [0.1, 0.15) is 31.9 Å². The van der Waals surface area contributed by atoms with Gasteiger partial charge in [-0.25, -0.2) is 15.0 Å². The summed E-state index contributed by atoms with van der Waals surface area (Å²) in [5, 5.41) is 2.53. The fourth-order valence-corrected chi connectivity index (χ4v) is 4.04. The van der Waals surface area contributed by atoms with E-state index in [9.17, 15) is 4.79 Å². The van der Waals surface area contributed by atoms with E-state index < -0.39 is 5.60 Å². The van der Waals surface area contributed by atoms with Gasteiger partial charge in [0.25, 0.3) is 0 Å². The average Bonchev–Trinajstić information content (AvgIpc) is 2.80. The third kappa shape index (κ3) is 5.37. The molecule has 0 atom stereocenters. The third-order valence-electron chi connectivity index (χ3n) is 5.12. The number of fused-ring (bicyclic) bond motifs is 1. The molecule has 174 valence electrons. The molecule has 0 bridgehead atoms. The number of hydrogen-bond donors (Lipinski definition) is 0. The minimum atomic E-state index is -0.529. The normalized spacial score (nSPS) is 11.4. The number of rotatable bonds is 6. The average molecular weight is 474 g/mol. The Morgan fingerprint density at radius 2 is 1.79 bits per heavy atom. The molecule has 0 unspecified atom stereocenters. The zero-order valence-electron chi connectivity index (χ0n) is 20.0. The molecule has 6 nitrogen and oxygen atoms in total. The maximum atomic E-state index is 12.5. The van der Waals surface area contributed by atoms with Gasteiger partial charge in [-0.15, -0.1) is 0 Å². The van der Waals surface area contributed by atoms with Gasteiger partial charge in [0.2, 0.25) is 5.88 Å². The molecule has 7 heteroatoms. The van der Waals surface area contributed by atoms with Gasteiger partial charge in [-0.05, 0) is 68.7 Å². The van der Waals surface area contributed by atoms with Crippen molar-refractivity contribution in [3.05, 3.63) is 72.1 Å². The number of benzene rings is 2. The van der Waals surface area contributed by atoms with Crippen molar-refractivity contribution in [1.82, 2.24) is 15.0 Å². The lowest BCUT2D eigenvalue weighted by atomic mass is 9.99. The number of ether oxygens (including phenoxy) is 2. The smallest absolute Gasteiger partial charge is 0.310 e. The number of aromatic nitrogens is 3. The lowest BCUT2D eigenvalue weighted by Gasteiger charge is -2.20. The molecule has 34 heavy (non-hydrogen) atoms. The molecule has 0 aliphatic heterocycles. The van der Waals surface area contributed by atoms with E-state index in [1.54, 1.807) is 12.4 Å². The second kappa shape index (κ2) is 9.81. The van der Waals surface area contributed by atoms with E-state index in [0.717, 1.165) is 33.2 Å². The van der Waals surface area contributed by atoms with Crippen LogP contribution in [0.25, 0.3) is 22.0 Å². The van der Waals surface area contributed by atoms with Crippen molar-refractivity contribution in [3.63, 3.8) is 0 Å². The van der Waals surface area contributed by atoms with Crippen molar-refractivity contribution in [1.29, 1.82) is 0 Å². The predicted octanol–water partition coefficient (Wildman–Crippen LogP) is 6.40. The molecular weight excluding hydrogens is 446 g/mol. The lowest BCUT2D eigenvalue weighted by molar-refractivity contribution is -0.153. The van der Waals surface area contributed by atoms with Gasteiger partial charge in [0.05, 0.1) is 17.7 Å². The highest BCUT2D eigenvalue weighted by Crippen LogP contribution is 2.37. The Morgan fingerprint density at radius 1 is 0.971 bits per heavy atom. The van der Waals surface area contributed by atoms with E-state index in [-0.39, 0.29) is 12.4 Å². The van der Waals surface area contributed by atoms with Crippen molar-refractivity contribution in [3.8, 4) is 22.9 Å². The summed E-state index contributed by atoms with van der Waals surface area (Å²) in [6.07, 6.45) is 5.55. The number of hydrogen-bond acceptors (Lipinski definition) is 7. The van der Waals surface area contributed by atoms with Crippen LogP contribution in [-0.4, -0.2) is 32.8 Å². The van der Waals surface area contributed by atoms with Gasteiger partial charge in [-0.1, -0.05) is 42.1 Å². The van der Waals surface area contributed by atoms with Gasteiger partial charge < -0.3 is 9.47 Å². The van der Waals surface area contributed by atoms with Crippen LogP contribution in [0.2, 0.25) is 0 Å². The predicted molar refractivity (Wildman–Crippen MR) is 135 cm³/mol. The summed E-state index contributed by atoms with van der Waals surface area (Å²) >= 11 is 1.48. The van der Waals surface area contributed by atoms with Gasteiger partial charge in [0.15, 0.2) is 5.16 Å². The number of nitrogens with zero attached hydrogens (tertiary/aromatic N) is 3. The standard InChI is InChI=1S/C27H27N3O3S/c1-17-11-12-19-18(16-23(31)33-27(2,3)4)8-6-9-20(19)24(17)32-25-21(10-7-14-28-25)22-13-15-29-26(30-22)34-5/h6-15H,16H2,1-5H3. The molecule has 0 aliphatic rings. The summed E-state index contributed by atoms with van der Waals surface area (Å²) < 4.78 is 12.0. The first-order chi connectivity index (χ1) is 16.2. The van der Waals surface area contributed by atoms with Gasteiger partial charge in [-0.3, -0.25) is 4.79 Å². The van der Waals surface area contributed by atoms with E-state index in [0.29, 0.717) is 16.8 Å². The van der Waals surface area contributed by atoms with Gasteiger partial charge in [0, 0.05) is 17.8 Å². The molecule has 0 aliphatic carbocycles. The Kier molecular flexibility index (Phi) is 6.84. The molecule has 2 aromatic heterocycles. The summed E-state index contributed by atoms with van der Waals surface area (Å²) in [6, 6.07) is 15.5. The van der Waals surface area contributed by atoms with Crippen LogP contribution in [0.4, 0.5) is 0 Å². The van der Waals surface area contributed by atoms with Crippen molar-refractivity contribution < 1.29 is 14.3 Å². The summed E-state index contributed by atoms with van der Waals surface area (Å²) in [5.74, 6) is 0.896. The zero-order valence-corrected chi connectivity index (χ0v) is 20.8. The molecule has 4 rings (SSSR count). The highest BCUT2D eigenvalue weighted by molar-refractivity contribution is 7.98. The number of esters is 1. The number of thioether (sulfide) groups is 1. The topological polar surface area (TPSA) is 74.2 Å². The quantitative estimate of drug-likeness (QED) is 0.182. The van der Waals surface area contributed by atoms with Crippen LogP contribution < -0.4 is 4.74 Å². The molecule has 2 aromatic carbocycles. The Hall–Kier alpha value is -3.45. The largest absolute Gasteiger partial charge is 0.460 e. The molecule has 0 spiro atoms. The minimum Gasteiger partial charge on any atom is -0.460 e. The second-order valence-corrected chi connectivity index (χ2v) is 9.65. The molecule has 0 saturated heterocycles. The molecule has 4 aromatic rings. The molecule has 0 N–H and O–H groups in total. The van der Waals surface area contributed by atoms with Crippen LogP contribution in [0.5, 0.6) is 11.6 Å². The minimum absolute atomic E-state index is 0.185. The fraction of sp³-hybridized carbons (Fsp3) is 0.259. The maximum Gasteiger partial charge on any atom is 0.310 e. The van der Waals surface area contributed by atoms with E-state index in [1.165, 1.54) is 11.8 Å². The first kappa shape index (κ1) is 23.7. The third-order valence-corrected chi connectivity index (χ3v) is 5.68. The molecular formula is C27H27N3O3S. The fourth-order valence-electron chi connectivity index (χ4n) is 3.68. The highest BCUT2D eigenvalue weighted by atomic mass is 32.2. The monoisotopic (exact) mass is 473 g/mol. The van der Waals surface area contributed by atoms with E-state index in [2.05, 4.69) is 15.0 Å². The number of pyridine rings is 1. The highest BCUT2D eigenvalue weighted by Gasteiger charge is 2.19. The van der Waals surface area contributed by atoms with Gasteiger partial charge in [-0.2, -0.15) is 0 Å². The van der Waals surface area contributed by atoms with Crippen molar-refractivity contribution in [2.75, 3.05) is 6.26 Å². The Bertz CT molecular complexity index is 1350. The Labute approximate surface area is 203 Å². The lowest BCUT2D eigenvalue weighted by Crippen LogP contribution is -2.24. The van der Waals surface area contributed by atoms with Crippen LogP contribution in [0.15, 0.2) is 66.1 Å². The van der Waals surface area contributed by atoms with E-state index in [4.69, 9.17) is 9.47 Å². The maximum absolute atomic E-state index is 12.5. The van der Waals surface area contributed by atoms with Crippen LogP contribution >= 0.6 is 11.8 Å². The number of carbonyl (C=O) groups excluding carboxylic acids is 1. The Morgan fingerprint density at radius 3 is 2.56 bits per heavy atom. The van der Waals surface area contributed by atoms with Gasteiger partial charge >= 0.3 is 5.97 Å². The molecule has 2 heterocycles. The van der Waals surface area contributed by atoms with Crippen molar-refractivity contribution in [2.45, 2.75) is 44.9 Å². The summed E-state index contributed by atoms with van der Waals surface area (Å²) in [5.41, 5.74) is 2.84. The molecule has 0 fully saturated rings. The molecule has 0 amide bonds. The summed E-state index contributed by atoms with van der Waals surface area (Å²) in [4.78, 5) is 25.9. The van der Waals surface area contributed by atoms with Crippen LogP contribution in [0, 0.1) is 6.92 Å². The Balaban J connectivity index is 1.74. The van der Waals surface area contributed by atoms with Crippen LogP contribution in [-0.2, 0) is 16.0 Å². The van der Waals surface area contributed by atoms with Crippen molar-refractivity contribution >= 4 is 28.5 Å². The van der Waals surface area contributed by atoms with Crippen LogP contribution in [0.3, 0.4) is 0 Å². The zero-order chi connectivity index (χ0) is 24.3.